The number of anilines is 2. The fourth-order valence-corrected chi connectivity index (χ4v) is 3.28. The molecule has 0 fully saturated rings. The van der Waals surface area contributed by atoms with E-state index in [4.69, 9.17) is 0 Å². The summed E-state index contributed by atoms with van der Waals surface area (Å²) in [6.07, 6.45) is 8.24. The first-order valence-corrected chi connectivity index (χ1v) is 9.39. The van der Waals surface area contributed by atoms with Crippen molar-refractivity contribution in [3.8, 4) is 0 Å². The summed E-state index contributed by atoms with van der Waals surface area (Å²) >= 11 is 0. The maximum absolute atomic E-state index is 4.38. The third kappa shape index (κ3) is 5.99. The molecule has 1 heterocycles. The topological polar surface area (TPSA) is 24.9 Å². The van der Waals surface area contributed by atoms with Crippen molar-refractivity contribution < 1.29 is 0 Å². The third-order valence-electron chi connectivity index (χ3n) is 4.93. The molecule has 130 valence electrons. The molecule has 24 heavy (non-hydrogen) atoms. The van der Waals surface area contributed by atoms with Gasteiger partial charge < -0.3 is 5.32 Å². The van der Waals surface area contributed by atoms with E-state index in [0.29, 0.717) is 0 Å². The largest absolute Gasteiger partial charge is 0.340 e. The van der Waals surface area contributed by atoms with Crippen molar-refractivity contribution in [1.82, 2.24) is 4.98 Å². The van der Waals surface area contributed by atoms with Crippen LogP contribution in [0.3, 0.4) is 0 Å². The Morgan fingerprint density at radius 3 is 2.58 bits per heavy atom. The molecule has 0 aliphatic heterocycles. The lowest BCUT2D eigenvalue weighted by atomic mass is 9.88. The van der Waals surface area contributed by atoms with Crippen LogP contribution in [0.2, 0.25) is 0 Å². The van der Waals surface area contributed by atoms with E-state index in [1.165, 1.54) is 36.8 Å². The van der Waals surface area contributed by atoms with Crippen LogP contribution in [0.4, 0.5) is 11.5 Å². The molecule has 0 radical (unpaired) electrons. The molecule has 0 saturated heterocycles. The zero-order valence-corrected chi connectivity index (χ0v) is 15.7. The maximum atomic E-state index is 4.38. The smallest absolute Gasteiger partial charge is 0.130 e. The molecule has 1 unspecified atom stereocenters. The van der Waals surface area contributed by atoms with Crippen LogP contribution in [0, 0.1) is 18.8 Å². The van der Waals surface area contributed by atoms with Crippen molar-refractivity contribution in [2.24, 2.45) is 11.8 Å². The summed E-state index contributed by atoms with van der Waals surface area (Å²) in [5, 5.41) is 3.41. The highest BCUT2D eigenvalue weighted by Gasteiger charge is 2.10. The number of nitrogens with one attached hydrogen (secondary N) is 1. The van der Waals surface area contributed by atoms with E-state index in [0.717, 1.165) is 29.8 Å². The SMILES string of the molecule is CCC(CC)CC(C)CCc1cccc(Nc2cc(C)ccn2)c1. The fraction of sp³-hybridized carbons (Fsp3) is 0.500. The molecule has 1 aromatic heterocycles. The predicted octanol–water partition coefficient (Wildman–Crippen LogP) is 6.53. The number of benzene rings is 1. The summed E-state index contributed by atoms with van der Waals surface area (Å²) in [4.78, 5) is 4.38. The van der Waals surface area contributed by atoms with Crippen molar-refractivity contribution in [1.29, 1.82) is 0 Å². The van der Waals surface area contributed by atoms with Gasteiger partial charge >= 0.3 is 0 Å². The second-order valence-electron chi connectivity index (χ2n) is 7.11. The first-order chi connectivity index (χ1) is 11.6. The second kappa shape index (κ2) is 9.46. The van der Waals surface area contributed by atoms with Crippen LogP contribution in [0.25, 0.3) is 0 Å². The standard InChI is InChI=1S/C22H32N2/c1-5-19(6-2)14-17(3)10-11-20-8-7-9-21(16-20)24-22-15-18(4)12-13-23-22/h7-9,12-13,15-17,19H,5-6,10-11,14H2,1-4H3,(H,23,24). The van der Waals surface area contributed by atoms with Crippen LogP contribution < -0.4 is 5.32 Å². The van der Waals surface area contributed by atoms with Crippen LogP contribution in [-0.4, -0.2) is 4.98 Å². The molecule has 2 heteroatoms. The quantitative estimate of drug-likeness (QED) is 0.567. The Labute approximate surface area is 147 Å². The van der Waals surface area contributed by atoms with E-state index >= 15 is 0 Å². The molecule has 1 N–H and O–H groups in total. The first kappa shape index (κ1) is 18.5. The number of aromatic nitrogens is 1. The Bertz CT molecular complexity index is 617. The minimum Gasteiger partial charge on any atom is -0.340 e. The van der Waals surface area contributed by atoms with Crippen LogP contribution in [0.15, 0.2) is 42.6 Å². The molecule has 1 atom stereocenters. The van der Waals surface area contributed by atoms with Gasteiger partial charge in [0.25, 0.3) is 0 Å². The molecular weight excluding hydrogens is 292 g/mol. The van der Waals surface area contributed by atoms with E-state index in [-0.39, 0.29) is 0 Å². The molecule has 2 aromatic rings. The second-order valence-corrected chi connectivity index (χ2v) is 7.11. The van der Waals surface area contributed by atoms with E-state index in [1.807, 2.05) is 12.3 Å². The lowest BCUT2D eigenvalue weighted by Gasteiger charge is -2.18. The number of aryl methyl sites for hydroxylation is 2. The lowest BCUT2D eigenvalue weighted by Crippen LogP contribution is -2.06. The monoisotopic (exact) mass is 324 g/mol. The number of rotatable bonds is 9. The van der Waals surface area contributed by atoms with Gasteiger partial charge in [-0.05, 0) is 73.4 Å². The maximum Gasteiger partial charge on any atom is 0.130 e. The first-order valence-electron chi connectivity index (χ1n) is 9.39. The van der Waals surface area contributed by atoms with Crippen molar-refractivity contribution in [3.05, 3.63) is 53.7 Å². The third-order valence-corrected chi connectivity index (χ3v) is 4.93. The van der Waals surface area contributed by atoms with Crippen molar-refractivity contribution in [2.45, 2.75) is 59.8 Å². The molecule has 2 rings (SSSR count). The molecule has 0 saturated carbocycles. The fourth-order valence-electron chi connectivity index (χ4n) is 3.28. The average molecular weight is 325 g/mol. The zero-order valence-electron chi connectivity index (χ0n) is 15.7. The number of pyridine rings is 1. The highest BCUT2D eigenvalue weighted by molar-refractivity contribution is 5.57. The van der Waals surface area contributed by atoms with Crippen LogP contribution in [0.1, 0.15) is 57.6 Å². The van der Waals surface area contributed by atoms with Gasteiger partial charge in [0.2, 0.25) is 0 Å². The molecule has 2 nitrogen and oxygen atoms in total. The van der Waals surface area contributed by atoms with Gasteiger partial charge in [-0.15, -0.1) is 0 Å². The zero-order chi connectivity index (χ0) is 17.4. The van der Waals surface area contributed by atoms with Crippen molar-refractivity contribution in [3.63, 3.8) is 0 Å². The Morgan fingerprint density at radius 1 is 1.08 bits per heavy atom. The summed E-state index contributed by atoms with van der Waals surface area (Å²) in [5.74, 6) is 2.60. The normalized spacial score (nSPS) is 12.4. The molecular formula is C22H32N2. The summed E-state index contributed by atoms with van der Waals surface area (Å²) in [5.41, 5.74) is 3.75. The number of hydrogen-bond acceptors (Lipinski definition) is 2. The van der Waals surface area contributed by atoms with Gasteiger partial charge in [0.1, 0.15) is 5.82 Å². The van der Waals surface area contributed by atoms with E-state index in [2.05, 4.69) is 68.3 Å². The highest BCUT2D eigenvalue weighted by Crippen LogP contribution is 2.23. The molecule has 0 bridgehead atoms. The Morgan fingerprint density at radius 2 is 1.88 bits per heavy atom. The summed E-state index contributed by atoms with van der Waals surface area (Å²) in [7, 11) is 0. The van der Waals surface area contributed by atoms with Crippen LogP contribution >= 0.6 is 0 Å². The van der Waals surface area contributed by atoms with E-state index < -0.39 is 0 Å². The van der Waals surface area contributed by atoms with Gasteiger partial charge in [0.05, 0.1) is 0 Å². The summed E-state index contributed by atoms with van der Waals surface area (Å²) in [6.45, 7) is 9.12. The Hall–Kier alpha value is -1.83. The molecule has 0 aliphatic rings. The highest BCUT2D eigenvalue weighted by atomic mass is 15.0. The molecule has 0 amide bonds. The molecule has 0 aliphatic carbocycles. The van der Waals surface area contributed by atoms with Crippen molar-refractivity contribution in [2.75, 3.05) is 5.32 Å². The van der Waals surface area contributed by atoms with E-state index in [9.17, 15) is 0 Å². The minimum absolute atomic E-state index is 0.796. The van der Waals surface area contributed by atoms with Gasteiger partial charge in [-0.25, -0.2) is 4.98 Å². The van der Waals surface area contributed by atoms with Gasteiger partial charge in [-0.2, -0.15) is 0 Å². The van der Waals surface area contributed by atoms with Crippen LogP contribution in [0.5, 0.6) is 0 Å². The predicted molar refractivity (Wildman–Crippen MR) is 105 cm³/mol. The van der Waals surface area contributed by atoms with Crippen molar-refractivity contribution >= 4 is 11.5 Å². The average Bonchev–Trinajstić information content (AvgIpc) is 2.58. The van der Waals surface area contributed by atoms with Gasteiger partial charge in [-0.3, -0.25) is 0 Å². The Balaban J connectivity index is 1.90. The summed E-state index contributed by atoms with van der Waals surface area (Å²) in [6, 6.07) is 12.8. The van der Waals surface area contributed by atoms with Crippen LogP contribution in [-0.2, 0) is 6.42 Å². The van der Waals surface area contributed by atoms with Gasteiger partial charge in [0, 0.05) is 11.9 Å². The molecule has 0 spiro atoms. The number of hydrogen-bond donors (Lipinski definition) is 1. The van der Waals surface area contributed by atoms with Gasteiger partial charge in [0.15, 0.2) is 0 Å². The van der Waals surface area contributed by atoms with E-state index in [1.54, 1.807) is 0 Å². The Kier molecular flexibility index (Phi) is 7.30. The lowest BCUT2D eigenvalue weighted by molar-refractivity contribution is 0.357. The summed E-state index contributed by atoms with van der Waals surface area (Å²) < 4.78 is 0. The van der Waals surface area contributed by atoms with Gasteiger partial charge in [-0.1, -0.05) is 45.7 Å². The number of nitrogens with zero attached hydrogens (tertiary/aromatic N) is 1. The minimum atomic E-state index is 0.796. The molecule has 1 aromatic carbocycles.